The third-order valence-corrected chi connectivity index (χ3v) is 4.91. The third kappa shape index (κ3) is 7.57. The lowest BCUT2D eigenvalue weighted by atomic mass is 10.0. The van der Waals surface area contributed by atoms with Crippen LogP contribution >= 0.6 is 0 Å². The Labute approximate surface area is 178 Å². The Morgan fingerprint density at radius 1 is 1.13 bits per heavy atom. The topological polar surface area (TPSA) is 97.0 Å². The van der Waals surface area contributed by atoms with Crippen molar-refractivity contribution in [3.05, 3.63) is 29.3 Å². The van der Waals surface area contributed by atoms with Crippen molar-refractivity contribution in [2.75, 3.05) is 26.2 Å². The highest BCUT2D eigenvalue weighted by atomic mass is 16.6. The van der Waals surface area contributed by atoms with Crippen LogP contribution in [-0.2, 0) is 14.3 Å². The van der Waals surface area contributed by atoms with Gasteiger partial charge in [-0.3, -0.25) is 9.59 Å². The lowest BCUT2D eigenvalue weighted by Gasteiger charge is -2.32. The van der Waals surface area contributed by atoms with Crippen molar-refractivity contribution < 1.29 is 23.9 Å². The molecule has 0 atom stereocenters. The number of nitrogens with zero attached hydrogens (tertiary/aromatic N) is 1. The molecule has 1 aliphatic rings. The highest BCUT2D eigenvalue weighted by Crippen LogP contribution is 2.20. The van der Waals surface area contributed by atoms with Gasteiger partial charge in [0.1, 0.15) is 17.9 Å². The summed E-state index contributed by atoms with van der Waals surface area (Å²) in [5.41, 5.74) is 1.55. The van der Waals surface area contributed by atoms with E-state index in [0.29, 0.717) is 25.9 Å². The molecule has 0 spiro atoms. The van der Waals surface area contributed by atoms with E-state index in [-0.39, 0.29) is 31.0 Å². The quantitative estimate of drug-likeness (QED) is 0.738. The van der Waals surface area contributed by atoms with Crippen LogP contribution in [0.4, 0.5) is 4.79 Å². The molecule has 8 heteroatoms. The van der Waals surface area contributed by atoms with Crippen LogP contribution in [0.3, 0.4) is 0 Å². The molecule has 1 aromatic carbocycles. The summed E-state index contributed by atoms with van der Waals surface area (Å²) in [6, 6.07) is 5.75. The van der Waals surface area contributed by atoms with Crippen LogP contribution in [0.15, 0.2) is 18.2 Å². The van der Waals surface area contributed by atoms with Crippen molar-refractivity contribution in [2.24, 2.45) is 0 Å². The van der Waals surface area contributed by atoms with Crippen molar-refractivity contribution in [3.8, 4) is 5.75 Å². The number of carbonyl (C=O) groups excluding carboxylic acids is 3. The number of likely N-dealkylation sites (tertiary alicyclic amines) is 1. The first-order chi connectivity index (χ1) is 14.0. The average molecular weight is 420 g/mol. The van der Waals surface area contributed by atoms with Gasteiger partial charge in [0.2, 0.25) is 5.91 Å². The van der Waals surface area contributed by atoms with E-state index in [9.17, 15) is 14.4 Å². The average Bonchev–Trinajstić information content (AvgIpc) is 2.66. The number of hydrogen-bond donors (Lipinski definition) is 2. The summed E-state index contributed by atoms with van der Waals surface area (Å²) >= 11 is 0. The van der Waals surface area contributed by atoms with E-state index in [2.05, 4.69) is 10.6 Å². The fourth-order valence-electron chi connectivity index (χ4n) is 3.13. The van der Waals surface area contributed by atoms with Gasteiger partial charge in [0.25, 0.3) is 5.91 Å². The van der Waals surface area contributed by atoms with Gasteiger partial charge in [0.05, 0.1) is 0 Å². The SMILES string of the molecule is Cc1cccc(OCC(=O)N2CCC(NC(=O)CNC(=O)OC(C)(C)C)CC2)c1C. The Morgan fingerprint density at radius 3 is 2.43 bits per heavy atom. The van der Waals surface area contributed by atoms with Crippen LogP contribution < -0.4 is 15.4 Å². The van der Waals surface area contributed by atoms with Crippen molar-refractivity contribution in [3.63, 3.8) is 0 Å². The van der Waals surface area contributed by atoms with Crippen molar-refractivity contribution >= 4 is 17.9 Å². The number of piperidine rings is 1. The summed E-state index contributed by atoms with van der Waals surface area (Å²) in [4.78, 5) is 37.8. The van der Waals surface area contributed by atoms with E-state index in [4.69, 9.17) is 9.47 Å². The van der Waals surface area contributed by atoms with E-state index in [1.807, 2.05) is 32.0 Å². The molecular formula is C22H33N3O5. The molecule has 1 saturated heterocycles. The van der Waals surface area contributed by atoms with E-state index in [1.165, 1.54) is 0 Å². The molecule has 8 nitrogen and oxygen atoms in total. The number of nitrogens with one attached hydrogen (secondary N) is 2. The van der Waals surface area contributed by atoms with Crippen LogP contribution in [0.2, 0.25) is 0 Å². The van der Waals surface area contributed by atoms with E-state index in [1.54, 1.807) is 25.7 Å². The van der Waals surface area contributed by atoms with E-state index < -0.39 is 11.7 Å². The van der Waals surface area contributed by atoms with Gasteiger partial charge < -0.3 is 25.0 Å². The number of carbonyl (C=O) groups is 3. The number of aryl methyl sites for hydroxylation is 1. The highest BCUT2D eigenvalue weighted by Gasteiger charge is 2.24. The zero-order valence-corrected chi connectivity index (χ0v) is 18.5. The largest absolute Gasteiger partial charge is 0.483 e. The summed E-state index contributed by atoms with van der Waals surface area (Å²) in [7, 11) is 0. The maximum absolute atomic E-state index is 12.4. The van der Waals surface area contributed by atoms with Gasteiger partial charge in [-0.1, -0.05) is 12.1 Å². The first-order valence-corrected chi connectivity index (χ1v) is 10.3. The molecule has 0 saturated carbocycles. The van der Waals surface area contributed by atoms with Gasteiger partial charge in [-0.25, -0.2) is 4.79 Å². The van der Waals surface area contributed by atoms with Gasteiger partial charge in [0.15, 0.2) is 6.61 Å². The second kappa shape index (κ2) is 10.3. The maximum atomic E-state index is 12.4. The number of alkyl carbamates (subject to hydrolysis) is 1. The zero-order chi connectivity index (χ0) is 22.3. The Balaban J connectivity index is 1.69. The number of amides is 3. The molecule has 0 aromatic heterocycles. The Kier molecular flexibility index (Phi) is 8.08. The summed E-state index contributed by atoms with van der Waals surface area (Å²) < 4.78 is 10.8. The van der Waals surface area contributed by atoms with Crippen LogP contribution in [0.5, 0.6) is 5.75 Å². The number of ether oxygens (including phenoxy) is 2. The molecule has 0 unspecified atom stereocenters. The van der Waals surface area contributed by atoms with Gasteiger partial charge >= 0.3 is 6.09 Å². The molecule has 1 fully saturated rings. The van der Waals surface area contributed by atoms with Gasteiger partial charge in [0, 0.05) is 19.1 Å². The summed E-state index contributed by atoms with van der Waals surface area (Å²) in [6.07, 6.45) is 0.697. The molecule has 0 radical (unpaired) electrons. The number of benzene rings is 1. The fourth-order valence-corrected chi connectivity index (χ4v) is 3.13. The second-order valence-corrected chi connectivity index (χ2v) is 8.56. The Bertz CT molecular complexity index is 765. The van der Waals surface area contributed by atoms with Crippen LogP contribution in [-0.4, -0.2) is 60.7 Å². The third-order valence-electron chi connectivity index (χ3n) is 4.91. The van der Waals surface area contributed by atoms with Gasteiger partial charge in [-0.05, 0) is 64.7 Å². The molecule has 1 aromatic rings. The van der Waals surface area contributed by atoms with Crippen LogP contribution in [0.1, 0.15) is 44.7 Å². The molecule has 2 N–H and O–H groups in total. The predicted octanol–water partition coefficient (Wildman–Crippen LogP) is 2.31. The molecule has 1 heterocycles. The van der Waals surface area contributed by atoms with Crippen LogP contribution in [0, 0.1) is 13.8 Å². The molecule has 166 valence electrons. The highest BCUT2D eigenvalue weighted by molar-refractivity contribution is 5.82. The molecule has 2 rings (SSSR count). The smallest absolute Gasteiger partial charge is 0.408 e. The first-order valence-electron chi connectivity index (χ1n) is 10.3. The van der Waals surface area contributed by atoms with E-state index in [0.717, 1.165) is 16.9 Å². The fraction of sp³-hybridized carbons (Fsp3) is 0.591. The predicted molar refractivity (Wildman–Crippen MR) is 113 cm³/mol. The summed E-state index contributed by atoms with van der Waals surface area (Å²) in [6.45, 7) is 10.2. The Morgan fingerprint density at radius 2 is 1.80 bits per heavy atom. The van der Waals surface area contributed by atoms with Crippen molar-refractivity contribution in [1.29, 1.82) is 0 Å². The second-order valence-electron chi connectivity index (χ2n) is 8.56. The van der Waals surface area contributed by atoms with Gasteiger partial charge in [-0.15, -0.1) is 0 Å². The maximum Gasteiger partial charge on any atom is 0.408 e. The lowest BCUT2D eigenvalue weighted by Crippen LogP contribution is -2.49. The standard InChI is InChI=1S/C22H33N3O5/c1-15-7-6-8-18(16(15)2)29-14-20(27)25-11-9-17(10-12-25)24-19(26)13-23-21(28)30-22(3,4)5/h6-8,17H,9-14H2,1-5H3,(H,23,28)(H,24,26). The normalized spacial score (nSPS) is 14.8. The first kappa shape index (κ1) is 23.5. The molecule has 30 heavy (non-hydrogen) atoms. The summed E-state index contributed by atoms with van der Waals surface area (Å²) in [5, 5.41) is 5.33. The lowest BCUT2D eigenvalue weighted by molar-refractivity contribution is -0.134. The molecule has 0 aliphatic carbocycles. The minimum atomic E-state index is -0.623. The molecule has 0 bridgehead atoms. The van der Waals surface area contributed by atoms with Crippen LogP contribution in [0.25, 0.3) is 0 Å². The van der Waals surface area contributed by atoms with E-state index >= 15 is 0 Å². The monoisotopic (exact) mass is 419 g/mol. The number of rotatable bonds is 6. The Hall–Kier alpha value is -2.77. The minimum absolute atomic E-state index is 0.00112. The molecular weight excluding hydrogens is 386 g/mol. The van der Waals surface area contributed by atoms with Crippen molar-refractivity contribution in [1.82, 2.24) is 15.5 Å². The van der Waals surface area contributed by atoms with Gasteiger partial charge in [-0.2, -0.15) is 0 Å². The molecule has 1 aliphatic heterocycles. The summed E-state index contributed by atoms with van der Waals surface area (Å²) in [5.74, 6) is 0.388. The number of hydrogen-bond acceptors (Lipinski definition) is 5. The zero-order valence-electron chi connectivity index (χ0n) is 18.5. The minimum Gasteiger partial charge on any atom is -0.483 e. The van der Waals surface area contributed by atoms with Crippen molar-refractivity contribution in [2.45, 2.75) is 59.1 Å². The molecule has 3 amide bonds.